The van der Waals surface area contributed by atoms with Crippen LogP contribution >= 0.6 is 11.6 Å². The van der Waals surface area contributed by atoms with Crippen molar-refractivity contribution in [3.63, 3.8) is 0 Å². The van der Waals surface area contributed by atoms with Gasteiger partial charge in [-0.25, -0.2) is 0 Å². The number of likely N-dealkylation sites (tertiary alicyclic amines) is 1. The second kappa shape index (κ2) is 4.47. The third-order valence-corrected chi connectivity index (χ3v) is 4.59. The molecule has 1 aliphatic carbocycles. The second-order valence-corrected chi connectivity index (χ2v) is 5.80. The minimum absolute atomic E-state index is 0.0892. The average Bonchev–Trinajstić information content (AvgIpc) is 2.92. The molecule has 2 unspecified atom stereocenters. The van der Waals surface area contributed by atoms with Gasteiger partial charge in [0.25, 0.3) is 5.91 Å². The first kappa shape index (κ1) is 11.8. The minimum atomic E-state index is 0.0892. The maximum absolute atomic E-state index is 12.4. The van der Waals surface area contributed by atoms with Gasteiger partial charge in [0.05, 0.1) is 10.7 Å². The van der Waals surface area contributed by atoms with Crippen LogP contribution < -0.4 is 5.73 Å². The zero-order valence-corrected chi connectivity index (χ0v) is 11.0. The largest absolute Gasteiger partial charge is 0.398 e. The molecule has 0 bridgehead atoms. The molecule has 2 fully saturated rings. The number of anilines is 1. The maximum Gasteiger partial charge on any atom is 0.253 e. The van der Waals surface area contributed by atoms with Crippen molar-refractivity contribution in [3.05, 3.63) is 28.8 Å². The first-order valence-corrected chi connectivity index (χ1v) is 6.87. The van der Waals surface area contributed by atoms with E-state index >= 15 is 0 Å². The number of hydrogen-bond acceptors (Lipinski definition) is 2. The molecule has 3 nitrogen and oxygen atoms in total. The number of rotatable bonds is 1. The van der Waals surface area contributed by atoms with Crippen LogP contribution in [0.25, 0.3) is 0 Å². The summed E-state index contributed by atoms with van der Waals surface area (Å²) in [5.41, 5.74) is 6.83. The molecule has 1 aromatic carbocycles. The summed E-state index contributed by atoms with van der Waals surface area (Å²) in [4.78, 5) is 14.3. The van der Waals surface area contributed by atoms with Crippen molar-refractivity contribution < 1.29 is 4.79 Å². The topological polar surface area (TPSA) is 46.3 Å². The van der Waals surface area contributed by atoms with Gasteiger partial charge in [0.2, 0.25) is 0 Å². The molecule has 4 heteroatoms. The van der Waals surface area contributed by atoms with Crippen molar-refractivity contribution in [2.24, 2.45) is 11.8 Å². The van der Waals surface area contributed by atoms with Crippen LogP contribution in [0.2, 0.25) is 5.02 Å². The van der Waals surface area contributed by atoms with E-state index in [2.05, 4.69) is 0 Å². The van der Waals surface area contributed by atoms with Crippen molar-refractivity contribution in [3.8, 4) is 0 Å². The third-order valence-electron chi connectivity index (χ3n) is 4.26. The summed E-state index contributed by atoms with van der Waals surface area (Å²) >= 11 is 5.96. The van der Waals surface area contributed by atoms with Crippen molar-refractivity contribution in [2.75, 3.05) is 18.8 Å². The zero-order chi connectivity index (χ0) is 12.7. The molecule has 1 saturated carbocycles. The molecule has 0 aromatic heterocycles. The van der Waals surface area contributed by atoms with Crippen LogP contribution in [0, 0.1) is 11.8 Å². The number of carbonyl (C=O) groups is 1. The van der Waals surface area contributed by atoms with Gasteiger partial charge in [-0.15, -0.1) is 0 Å². The lowest BCUT2D eigenvalue weighted by molar-refractivity contribution is 0.0780. The van der Waals surface area contributed by atoms with Crippen molar-refractivity contribution in [2.45, 2.75) is 19.3 Å². The van der Waals surface area contributed by atoms with E-state index in [9.17, 15) is 4.79 Å². The van der Waals surface area contributed by atoms with Gasteiger partial charge in [-0.3, -0.25) is 4.79 Å². The van der Waals surface area contributed by atoms with E-state index in [4.69, 9.17) is 17.3 Å². The number of benzene rings is 1. The molecule has 1 saturated heterocycles. The molecule has 2 aliphatic rings. The van der Waals surface area contributed by atoms with Crippen LogP contribution in [0.4, 0.5) is 5.69 Å². The van der Waals surface area contributed by atoms with E-state index in [1.54, 1.807) is 18.2 Å². The van der Waals surface area contributed by atoms with Gasteiger partial charge < -0.3 is 10.6 Å². The van der Waals surface area contributed by atoms with E-state index in [0.717, 1.165) is 24.9 Å². The Morgan fingerprint density at radius 2 is 1.94 bits per heavy atom. The summed E-state index contributed by atoms with van der Waals surface area (Å²) in [6.07, 6.45) is 3.87. The van der Waals surface area contributed by atoms with Crippen LogP contribution in [-0.2, 0) is 0 Å². The van der Waals surface area contributed by atoms with Gasteiger partial charge in [0.1, 0.15) is 0 Å². The Labute approximate surface area is 112 Å². The highest BCUT2D eigenvalue weighted by atomic mass is 35.5. The SMILES string of the molecule is Nc1ccc(C(=O)N2CC3CCCC3C2)cc1Cl. The summed E-state index contributed by atoms with van der Waals surface area (Å²) in [5, 5.41) is 0.459. The highest BCUT2D eigenvalue weighted by molar-refractivity contribution is 6.33. The lowest BCUT2D eigenvalue weighted by Gasteiger charge is -2.17. The molecule has 1 aromatic rings. The highest BCUT2D eigenvalue weighted by Crippen LogP contribution is 2.38. The average molecular weight is 265 g/mol. The molecule has 2 atom stereocenters. The molecular weight excluding hydrogens is 248 g/mol. The van der Waals surface area contributed by atoms with Crippen molar-refractivity contribution >= 4 is 23.2 Å². The quantitative estimate of drug-likeness (QED) is 0.793. The number of halogens is 1. The number of carbonyl (C=O) groups excluding carboxylic acids is 1. The zero-order valence-electron chi connectivity index (χ0n) is 10.2. The molecule has 96 valence electrons. The van der Waals surface area contributed by atoms with Crippen LogP contribution in [-0.4, -0.2) is 23.9 Å². The van der Waals surface area contributed by atoms with Crippen LogP contribution in [0.3, 0.4) is 0 Å². The lowest BCUT2D eigenvalue weighted by Crippen LogP contribution is -2.29. The summed E-state index contributed by atoms with van der Waals surface area (Å²) in [6.45, 7) is 1.82. The molecule has 1 aliphatic heterocycles. The molecule has 0 radical (unpaired) electrons. The van der Waals surface area contributed by atoms with Crippen molar-refractivity contribution in [1.82, 2.24) is 4.90 Å². The van der Waals surface area contributed by atoms with E-state index in [-0.39, 0.29) is 5.91 Å². The molecule has 1 heterocycles. The molecule has 0 spiro atoms. The number of nitrogens with two attached hydrogens (primary N) is 1. The lowest BCUT2D eigenvalue weighted by atomic mass is 10.0. The number of amides is 1. The number of nitrogen functional groups attached to an aromatic ring is 1. The van der Waals surface area contributed by atoms with E-state index < -0.39 is 0 Å². The monoisotopic (exact) mass is 264 g/mol. The summed E-state index contributed by atoms with van der Waals surface area (Å²) < 4.78 is 0. The Morgan fingerprint density at radius 3 is 2.56 bits per heavy atom. The Bertz CT molecular complexity index is 477. The fourth-order valence-electron chi connectivity index (χ4n) is 3.24. The standard InChI is InChI=1S/C14H17ClN2O/c15-12-6-9(4-5-13(12)16)14(18)17-7-10-2-1-3-11(10)8-17/h4-6,10-11H,1-3,7-8,16H2. The summed E-state index contributed by atoms with van der Waals surface area (Å²) in [5.74, 6) is 1.53. The maximum atomic E-state index is 12.4. The van der Waals surface area contributed by atoms with Gasteiger partial charge in [-0.1, -0.05) is 18.0 Å². The second-order valence-electron chi connectivity index (χ2n) is 5.40. The Kier molecular flexibility index (Phi) is 2.94. The third kappa shape index (κ3) is 1.97. The minimum Gasteiger partial charge on any atom is -0.398 e. The van der Waals surface area contributed by atoms with Crippen LogP contribution in [0.15, 0.2) is 18.2 Å². The number of hydrogen-bond donors (Lipinski definition) is 1. The fraction of sp³-hybridized carbons (Fsp3) is 0.500. The fourth-order valence-corrected chi connectivity index (χ4v) is 3.42. The number of fused-ring (bicyclic) bond motifs is 1. The Balaban J connectivity index is 1.77. The smallest absolute Gasteiger partial charge is 0.253 e. The van der Waals surface area contributed by atoms with Gasteiger partial charge in [0, 0.05) is 18.7 Å². The first-order valence-electron chi connectivity index (χ1n) is 6.49. The van der Waals surface area contributed by atoms with Gasteiger partial charge >= 0.3 is 0 Å². The van der Waals surface area contributed by atoms with E-state index in [1.807, 2.05) is 4.90 Å². The van der Waals surface area contributed by atoms with Gasteiger partial charge in [-0.05, 0) is 42.9 Å². The first-order chi connectivity index (χ1) is 8.65. The Hall–Kier alpha value is -1.22. The molecule has 2 N–H and O–H groups in total. The van der Waals surface area contributed by atoms with Crippen LogP contribution in [0.5, 0.6) is 0 Å². The molecular formula is C14H17ClN2O. The summed E-state index contributed by atoms with van der Waals surface area (Å²) in [7, 11) is 0. The molecule has 18 heavy (non-hydrogen) atoms. The summed E-state index contributed by atoms with van der Waals surface area (Å²) in [6, 6.07) is 5.14. The normalized spacial score (nSPS) is 26.4. The number of nitrogens with zero attached hydrogens (tertiary/aromatic N) is 1. The van der Waals surface area contributed by atoms with E-state index in [1.165, 1.54) is 19.3 Å². The van der Waals surface area contributed by atoms with Gasteiger partial charge in [0.15, 0.2) is 0 Å². The highest BCUT2D eigenvalue weighted by Gasteiger charge is 2.38. The predicted molar refractivity (Wildman–Crippen MR) is 72.6 cm³/mol. The predicted octanol–water partition coefficient (Wildman–Crippen LogP) is 2.79. The molecule has 3 rings (SSSR count). The van der Waals surface area contributed by atoms with Crippen molar-refractivity contribution in [1.29, 1.82) is 0 Å². The van der Waals surface area contributed by atoms with Gasteiger partial charge in [-0.2, -0.15) is 0 Å². The van der Waals surface area contributed by atoms with Crippen LogP contribution in [0.1, 0.15) is 29.6 Å². The Morgan fingerprint density at radius 1 is 1.28 bits per heavy atom. The van der Waals surface area contributed by atoms with E-state index in [0.29, 0.717) is 16.3 Å². The molecule has 1 amide bonds.